The van der Waals surface area contributed by atoms with E-state index in [2.05, 4.69) is 5.32 Å². The zero-order chi connectivity index (χ0) is 17.2. The molecule has 2 aliphatic rings. The lowest BCUT2D eigenvalue weighted by molar-refractivity contribution is -0.115. The average Bonchev–Trinajstić information content (AvgIpc) is 2.93. The molecular weight excluding hydrogens is 338 g/mol. The molecule has 2 amide bonds. The first-order valence-electron chi connectivity index (χ1n) is 7.62. The van der Waals surface area contributed by atoms with Crippen LogP contribution in [0, 0.1) is 0 Å². The quantitative estimate of drug-likeness (QED) is 0.833. The van der Waals surface area contributed by atoms with Crippen molar-refractivity contribution in [3.63, 3.8) is 0 Å². The highest BCUT2D eigenvalue weighted by Gasteiger charge is 2.25. The molecule has 6 heteroatoms. The highest BCUT2D eigenvalue weighted by molar-refractivity contribution is 8.18. The second-order valence-corrected chi connectivity index (χ2v) is 6.49. The fourth-order valence-electron chi connectivity index (χ4n) is 2.51. The molecule has 0 aromatic heterocycles. The smallest absolute Gasteiger partial charge is 0.290 e. The number of fused-ring (bicyclic) bond motifs is 1. The van der Waals surface area contributed by atoms with Gasteiger partial charge >= 0.3 is 0 Å². The minimum atomic E-state index is -0.380. The molecule has 0 bridgehead atoms. The van der Waals surface area contributed by atoms with Gasteiger partial charge in [-0.1, -0.05) is 36.4 Å². The summed E-state index contributed by atoms with van der Waals surface area (Å²) in [6.07, 6.45) is 3.58. The summed E-state index contributed by atoms with van der Waals surface area (Å²) in [4.78, 5) is 23.3. The topological polar surface area (TPSA) is 64.6 Å². The van der Waals surface area contributed by atoms with Crippen molar-refractivity contribution >= 4 is 35.1 Å². The summed E-state index contributed by atoms with van der Waals surface area (Å²) in [5.41, 5.74) is 1.79. The Kier molecular flexibility index (Phi) is 4.03. The summed E-state index contributed by atoms with van der Waals surface area (Å²) < 4.78 is 11.6. The van der Waals surface area contributed by atoms with Crippen molar-refractivity contribution in [3.05, 3.63) is 70.3 Å². The van der Waals surface area contributed by atoms with Crippen LogP contribution in [0.15, 0.2) is 59.2 Å². The van der Waals surface area contributed by atoms with Crippen molar-refractivity contribution in [2.24, 2.45) is 0 Å². The van der Waals surface area contributed by atoms with E-state index < -0.39 is 0 Å². The Morgan fingerprint density at radius 3 is 2.56 bits per heavy atom. The number of amides is 2. The van der Waals surface area contributed by atoms with Gasteiger partial charge in [-0.15, -0.1) is 0 Å². The van der Waals surface area contributed by atoms with Crippen LogP contribution in [0.2, 0.25) is 0 Å². The van der Waals surface area contributed by atoms with Crippen molar-refractivity contribution in [1.29, 1.82) is 0 Å². The number of carbonyl (C=O) groups excluding carboxylic acids is 2. The van der Waals surface area contributed by atoms with Crippen LogP contribution >= 0.6 is 11.8 Å². The molecular formula is C19H13NO4S. The van der Waals surface area contributed by atoms with Gasteiger partial charge in [0.25, 0.3) is 11.1 Å². The molecule has 1 fully saturated rings. The number of rotatable bonds is 2. The van der Waals surface area contributed by atoms with E-state index in [0.29, 0.717) is 28.8 Å². The van der Waals surface area contributed by atoms with Crippen molar-refractivity contribution in [2.45, 2.75) is 0 Å². The second kappa shape index (κ2) is 6.49. The Bertz CT molecular complexity index is 918. The van der Waals surface area contributed by atoms with Gasteiger partial charge in [0.2, 0.25) is 0 Å². The maximum atomic E-state index is 11.6. The molecule has 0 spiro atoms. The lowest BCUT2D eigenvalue weighted by Gasteiger charge is -2.21. The van der Waals surface area contributed by atoms with E-state index in [4.69, 9.17) is 9.47 Å². The third-order valence-electron chi connectivity index (χ3n) is 3.65. The number of imide groups is 1. The second-order valence-electron chi connectivity index (χ2n) is 5.47. The van der Waals surface area contributed by atoms with Gasteiger partial charge in [0.15, 0.2) is 11.5 Å². The fourth-order valence-corrected chi connectivity index (χ4v) is 3.19. The van der Waals surface area contributed by atoms with E-state index in [9.17, 15) is 9.59 Å². The average molecular weight is 351 g/mol. The molecule has 0 aliphatic carbocycles. The molecule has 5 nitrogen and oxygen atoms in total. The maximum Gasteiger partial charge on any atom is 0.290 e. The summed E-state index contributed by atoms with van der Waals surface area (Å²) in [5, 5.41) is 1.88. The molecule has 4 rings (SSSR count). The molecule has 0 saturated carbocycles. The lowest BCUT2D eigenvalue weighted by atomic mass is 10.1. The van der Waals surface area contributed by atoms with E-state index in [1.165, 1.54) is 0 Å². The number of hydrogen-bond acceptors (Lipinski definition) is 5. The van der Waals surface area contributed by atoms with Gasteiger partial charge in [-0.25, -0.2) is 0 Å². The third-order valence-corrected chi connectivity index (χ3v) is 4.46. The summed E-state index contributed by atoms with van der Waals surface area (Å²) in [7, 11) is 0. The van der Waals surface area contributed by atoms with Crippen LogP contribution in [-0.4, -0.2) is 17.8 Å². The Balaban J connectivity index is 1.60. The number of hydrogen-bond donors (Lipinski definition) is 1. The fraction of sp³-hybridized carbons (Fsp3) is 0.0526. The van der Waals surface area contributed by atoms with Crippen molar-refractivity contribution in [2.75, 3.05) is 6.61 Å². The van der Waals surface area contributed by atoms with Gasteiger partial charge in [-0.2, -0.15) is 0 Å². The minimum Gasteiger partial charge on any atom is -0.482 e. The van der Waals surface area contributed by atoms with Crippen molar-refractivity contribution < 1.29 is 19.1 Å². The van der Waals surface area contributed by atoms with Gasteiger partial charge < -0.3 is 9.47 Å². The zero-order valence-corrected chi connectivity index (χ0v) is 13.8. The van der Waals surface area contributed by atoms with Crippen LogP contribution in [0.25, 0.3) is 12.2 Å². The maximum absolute atomic E-state index is 11.6. The predicted molar refractivity (Wildman–Crippen MR) is 96.1 cm³/mol. The first-order chi connectivity index (χ1) is 12.2. The number of carbonyl (C=O) groups is 2. The van der Waals surface area contributed by atoms with Crippen LogP contribution in [-0.2, 0) is 4.79 Å². The van der Waals surface area contributed by atoms with Crippen molar-refractivity contribution in [3.8, 4) is 11.5 Å². The van der Waals surface area contributed by atoms with E-state index in [1.807, 2.05) is 42.5 Å². The zero-order valence-electron chi connectivity index (χ0n) is 13.0. The molecule has 2 aliphatic heterocycles. The van der Waals surface area contributed by atoms with Gasteiger partial charge in [-0.05, 0) is 47.2 Å². The number of nitrogens with one attached hydrogen (secondary N) is 1. The van der Waals surface area contributed by atoms with E-state index >= 15 is 0 Å². The molecule has 0 radical (unpaired) electrons. The Morgan fingerprint density at radius 1 is 0.960 bits per heavy atom. The molecule has 124 valence electrons. The molecule has 2 aromatic rings. The standard InChI is InChI=1S/C19H13NO4S/c21-18-17(25-19(22)20-18)10-13-6-7-15-16(9-13)24-14(11-23-15)8-12-4-2-1-3-5-12/h1-10H,11H2,(H,20,21,22)/b14-8-,17-10-. The van der Waals surface area contributed by atoms with Gasteiger partial charge in [0.1, 0.15) is 12.4 Å². The van der Waals surface area contributed by atoms with E-state index in [-0.39, 0.29) is 11.1 Å². The predicted octanol–water partition coefficient (Wildman–Crippen LogP) is 3.82. The Labute approximate surface area is 148 Å². The van der Waals surface area contributed by atoms with Gasteiger partial charge in [-0.3, -0.25) is 14.9 Å². The summed E-state index contributed by atoms with van der Waals surface area (Å²) in [6.45, 7) is 0.356. The lowest BCUT2D eigenvalue weighted by Crippen LogP contribution is -2.17. The molecule has 1 saturated heterocycles. The largest absolute Gasteiger partial charge is 0.482 e. The van der Waals surface area contributed by atoms with Crippen LogP contribution in [0.1, 0.15) is 11.1 Å². The van der Waals surface area contributed by atoms with Crippen LogP contribution in [0.3, 0.4) is 0 Å². The number of ether oxygens (including phenoxy) is 2. The SMILES string of the molecule is O=C1NC(=O)/C(=C/c2ccc3c(c2)O/C(=C\c2ccccc2)CO3)S1. The molecule has 2 aromatic carbocycles. The molecule has 0 atom stereocenters. The Hall–Kier alpha value is -2.99. The first kappa shape index (κ1) is 15.5. The molecule has 1 N–H and O–H groups in total. The van der Waals surface area contributed by atoms with Crippen LogP contribution < -0.4 is 14.8 Å². The normalized spacial score (nSPS) is 19.4. The van der Waals surface area contributed by atoms with Crippen molar-refractivity contribution in [1.82, 2.24) is 5.32 Å². The summed E-state index contributed by atoms with van der Waals surface area (Å²) in [6, 6.07) is 15.2. The number of benzene rings is 2. The summed E-state index contributed by atoms with van der Waals surface area (Å²) in [5.74, 6) is 1.55. The van der Waals surface area contributed by atoms with Crippen LogP contribution in [0.4, 0.5) is 4.79 Å². The van der Waals surface area contributed by atoms with E-state index in [0.717, 1.165) is 22.9 Å². The highest BCUT2D eigenvalue weighted by atomic mass is 32.2. The number of thioether (sulfide) groups is 1. The Morgan fingerprint density at radius 2 is 1.80 bits per heavy atom. The first-order valence-corrected chi connectivity index (χ1v) is 8.44. The molecule has 0 unspecified atom stereocenters. The van der Waals surface area contributed by atoms with Gasteiger partial charge in [0, 0.05) is 0 Å². The van der Waals surface area contributed by atoms with Gasteiger partial charge in [0.05, 0.1) is 4.91 Å². The minimum absolute atomic E-state index is 0.356. The summed E-state index contributed by atoms with van der Waals surface area (Å²) >= 11 is 0.886. The highest BCUT2D eigenvalue weighted by Crippen LogP contribution is 2.35. The molecule has 25 heavy (non-hydrogen) atoms. The van der Waals surface area contributed by atoms with Crippen LogP contribution in [0.5, 0.6) is 11.5 Å². The van der Waals surface area contributed by atoms with E-state index in [1.54, 1.807) is 18.2 Å². The third kappa shape index (κ3) is 3.44. The molecule has 2 heterocycles. The monoisotopic (exact) mass is 351 g/mol.